The SMILES string of the molecule is CC(C)C(NS(=O)(=O)c1ccccc1[N+](=O)[O-])C(=O)Nc1cccc([N+](=O)[O-])c1. The molecule has 2 N–H and O–H groups in total. The number of nitro benzene ring substituents is 2. The van der Waals surface area contributed by atoms with Gasteiger partial charge in [-0.15, -0.1) is 0 Å². The highest BCUT2D eigenvalue weighted by Gasteiger charge is 2.32. The molecule has 12 heteroatoms. The Balaban J connectivity index is 2.30. The summed E-state index contributed by atoms with van der Waals surface area (Å²) in [7, 11) is -4.40. The van der Waals surface area contributed by atoms with Crippen molar-refractivity contribution in [2.24, 2.45) is 5.92 Å². The number of hydrogen-bond donors (Lipinski definition) is 2. The van der Waals surface area contributed by atoms with E-state index in [4.69, 9.17) is 0 Å². The second-order valence-corrected chi connectivity index (χ2v) is 8.05. The topological polar surface area (TPSA) is 162 Å². The van der Waals surface area contributed by atoms with Gasteiger partial charge in [-0.05, 0) is 18.1 Å². The van der Waals surface area contributed by atoms with Crippen LogP contribution in [0.4, 0.5) is 17.1 Å². The predicted octanol–water partition coefficient (Wildman–Crippen LogP) is 2.44. The molecule has 2 aromatic carbocycles. The number of non-ortho nitro benzene ring substituents is 1. The summed E-state index contributed by atoms with van der Waals surface area (Å²) < 4.78 is 27.6. The second kappa shape index (κ2) is 8.75. The van der Waals surface area contributed by atoms with Crippen molar-refractivity contribution in [2.75, 3.05) is 5.32 Å². The minimum atomic E-state index is -4.40. The molecular weight excluding hydrogens is 404 g/mol. The Labute approximate surface area is 166 Å². The highest BCUT2D eigenvalue weighted by molar-refractivity contribution is 7.89. The third kappa shape index (κ3) is 5.33. The first-order valence-corrected chi connectivity index (χ1v) is 9.82. The summed E-state index contributed by atoms with van der Waals surface area (Å²) in [6, 6.07) is 8.64. The van der Waals surface area contributed by atoms with Crippen LogP contribution in [-0.4, -0.2) is 30.2 Å². The number of benzene rings is 2. The van der Waals surface area contributed by atoms with Crippen molar-refractivity contribution in [1.82, 2.24) is 4.72 Å². The zero-order chi connectivity index (χ0) is 21.8. The van der Waals surface area contributed by atoms with E-state index in [9.17, 15) is 33.4 Å². The molecule has 0 radical (unpaired) electrons. The van der Waals surface area contributed by atoms with Gasteiger partial charge in [0.2, 0.25) is 15.9 Å². The van der Waals surface area contributed by atoms with Gasteiger partial charge < -0.3 is 5.32 Å². The maximum atomic E-state index is 12.7. The molecule has 0 bridgehead atoms. The maximum absolute atomic E-state index is 12.7. The number of anilines is 1. The molecule has 29 heavy (non-hydrogen) atoms. The average Bonchev–Trinajstić information content (AvgIpc) is 2.66. The molecule has 0 saturated heterocycles. The number of nitrogens with one attached hydrogen (secondary N) is 2. The number of sulfonamides is 1. The maximum Gasteiger partial charge on any atom is 0.289 e. The number of para-hydroxylation sites is 1. The third-order valence-corrected chi connectivity index (χ3v) is 5.40. The van der Waals surface area contributed by atoms with E-state index in [1.54, 1.807) is 13.8 Å². The lowest BCUT2D eigenvalue weighted by Gasteiger charge is -2.21. The standard InChI is InChI=1S/C17H18N4O7S/c1-11(2)16(17(22)18-12-6-5-7-13(10-12)20(23)24)19-29(27,28)15-9-4-3-8-14(15)21(25)26/h3-11,16,19H,1-2H3,(H,18,22). The van der Waals surface area contributed by atoms with Crippen molar-refractivity contribution < 1.29 is 23.1 Å². The molecule has 154 valence electrons. The fourth-order valence-corrected chi connectivity index (χ4v) is 3.99. The van der Waals surface area contributed by atoms with Gasteiger partial charge in [0.05, 0.1) is 9.85 Å². The predicted molar refractivity (Wildman–Crippen MR) is 104 cm³/mol. The van der Waals surface area contributed by atoms with E-state index in [1.165, 1.54) is 30.3 Å². The normalized spacial score (nSPS) is 12.4. The van der Waals surface area contributed by atoms with E-state index in [-0.39, 0.29) is 11.4 Å². The van der Waals surface area contributed by atoms with Crippen molar-refractivity contribution in [1.29, 1.82) is 0 Å². The molecule has 2 aromatic rings. The first-order valence-electron chi connectivity index (χ1n) is 8.34. The van der Waals surface area contributed by atoms with Crippen molar-refractivity contribution in [3.63, 3.8) is 0 Å². The number of carbonyl (C=O) groups is 1. The number of nitro groups is 2. The quantitative estimate of drug-likeness (QED) is 0.487. The molecular formula is C17H18N4O7S. The molecule has 0 heterocycles. The molecule has 0 aliphatic carbocycles. The van der Waals surface area contributed by atoms with Gasteiger partial charge in [-0.25, -0.2) is 8.42 Å². The lowest BCUT2D eigenvalue weighted by molar-refractivity contribution is -0.387. The summed E-state index contributed by atoms with van der Waals surface area (Å²) in [6.45, 7) is 3.17. The number of amides is 1. The number of carbonyl (C=O) groups excluding carboxylic acids is 1. The van der Waals surface area contributed by atoms with Gasteiger partial charge in [0.15, 0.2) is 4.90 Å². The van der Waals surface area contributed by atoms with Gasteiger partial charge in [-0.3, -0.25) is 25.0 Å². The lowest BCUT2D eigenvalue weighted by atomic mass is 10.0. The van der Waals surface area contributed by atoms with Gasteiger partial charge in [0.1, 0.15) is 6.04 Å². The fourth-order valence-electron chi connectivity index (χ4n) is 2.48. The minimum absolute atomic E-state index is 0.111. The number of rotatable bonds is 8. The highest BCUT2D eigenvalue weighted by atomic mass is 32.2. The van der Waals surface area contributed by atoms with Crippen LogP contribution in [0.25, 0.3) is 0 Å². The molecule has 0 aliphatic rings. The highest BCUT2D eigenvalue weighted by Crippen LogP contribution is 2.24. The van der Waals surface area contributed by atoms with E-state index in [0.717, 1.165) is 18.2 Å². The Morgan fingerprint density at radius 2 is 1.66 bits per heavy atom. The Morgan fingerprint density at radius 1 is 1.00 bits per heavy atom. The van der Waals surface area contributed by atoms with E-state index in [0.29, 0.717) is 0 Å². The first-order chi connectivity index (χ1) is 13.5. The summed E-state index contributed by atoms with van der Waals surface area (Å²) in [5, 5.41) is 24.4. The summed E-state index contributed by atoms with van der Waals surface area (Å²) >= 11 is 0. The van der Waals surface area contributed by atoms with Gasteiger partial charge in [0, 0.05) is 23.9 Å². The summed E-state index contributed by atoms with van der Waals surface area (Å²) in [5.74, 6) is -1.28. The molecule has 1 atom stereocenters. The second-order valence-electron chi connectivity index (χ2n) is 6.36. The Hall–Kier alpha value is -3.38. The van der Waals surface area contributed by atoms with Crippen LogP contribution in [0.5, 0.6) is 0 Å². The largest absolute Gasteiger partial charge is 0.324 e. The third-order valence-electron chi connectivity index (χ3n) is 3.91. The van der Waals surface area contributed by atoms with E-state index in [1.807, 2.05) is 0 Å². The van der Waals surface area contributed by atoms with Gasteiger partial charge >= 0.3 is 0 Å². The summed E-state index contributed by atoms with van der Waals surface area (Å²) in [6.07, 6.45) is 0. The Kier molecular flexibility index (Phi) is 6.61. The molecule has 2 rings (SSSR count). The summed E-state index contributed by atoms with van der Waals surface area (Å²) in [4.78, 5) is 32.6. The first kappa shape index (κ1) is 21.9. The van der Waals surface area contributed by atoms with Gasteiger partial charge in [-0.1, -0.05) is 32.0 Å². The molecule has 1 unspecified atom stereocenters. The Morgan fingerprint density at radius 3 is 2.24 bits per heavy atom. The summed E-state index contributed by atoms with van der Waals surface area (Å²) in [5.41, 5.74) is -0.759. The monoisotopic (exact) mass is 422 g/mol. The van der Waals surface area contributed by atoms with Crippen LogP contribution in [0.3, 0.4) is 0 Å². The van der Waals surface area contributed by atoms with E-state index in [2.05, 4.69) is 10.0 Å². The molecule has 0 aromatic heterocycles. The molecule has 11 nitrogen and oxygen atoms in total. The van der Waals surface area contributed by atoms with Crippen LogP contribution >= 0.6 is 0 Å². The van der Waals surface area contributed by atoms with Crippen LogP contribution < -0.4 is 10.0 Å². The van der Waals surface area contributed by atoms with Crippen molar-refractivity contribution in [2.45, 2.75) is 24.8 Å². The van der Waals surface area contributed by atoms with Crippen LogP contribution in [0.15, 0.2) is 53.4 Å². The van der Waals surface area contributed by atoms with Gasteiger partial charge in [0.25, 0.3) is 11.4 Å². The van der Waals surface area contributed by atoms with Crippen LogP contribution in [0.1, 0.15) is 13.8 Å². The van der Waals surface area contributed by atoms with Crippen LogP contribution in [-0.2, 0) is 14.8 Å². The Bertz CT molecular complexity index is 1050. The average molecular weight is 422 g/mol. The van der Waals surface area contributed by atoms with Crippen molar-refractivity contribution in [3.8, 4) is 0 Å². The van der Waals surface area contributed by atoms with Crippen molar-refractivity contribution >= 4 is 33.0 Å². The van der Waals surface area contributed by atoms with Crippen LogP contribution in [0, 0.1) is 26.1 Å². The zero-order valence-corrected chi connectivity index (χ0v) is 16.3. The van der Waals surface area contributed by atoms with Crippen molar-refractivity contribution in [3.05, 3.63) is 68.8 Å². The zero-order valence-electron chi connectivity index (χ0n) is 15.4. The fraction of sp³-hybridized carbons (Fsp3) is 0.235. The molecule has 0 spiro atoms. The molecule has 0 saturated carbocycles. The number of hydrogen-bond acceptors (Lipinski definition) is 7. The lowest BCUT2D eigenvalue weighted by Crippen LogP contribution is -2.47. The minimum Gasteiger partial charge on any atom is -0.324 e. The molecule has 0 aliphatic heterocycles. The van der Waals surface area contributed by atoms with Crippen LogP contribution in [0.2, 0.25) is 0 Å². The molecule has 1 amide bonds. The number of nitrogens with zero attached hydrogens (tertiary/aromatic N) is 2. The molecule has 0 fully saturated rings. The van der Waals surface area contributed by atoms with E-state index < -0.39 is 48.3 Å². The van der Waals surface area contributed by atoms with E-state index >= 15 is 0 Å². The smallest absolute Gasteiger partial charge is 0.289 e. The van der Waals surface area contributed by atoms with Gasteiger partial charge in [-0.2, -0.15) is 4.72 Å².